The van der Waals surface area contributed by atoms with Gasteiger partial charge in [0.15, 0.2) is 0 Å². The number of carbonyl (C=O) groups is 1. The fourth-order valence-corrected chi connectivity index (χ4v) is 3.54. The first kappa shape index (κ1) is 12.2. The maximum atomic E-state index is 12.1. The van der Waals surface area contributed by atoms with E-state index in [0.29, 0.717) is 12.6 Å². The second-order valence-electron chi connectivity index (χ2n) is 5.38. The Labute approximate surface area is 112 Å². The summed E-state index contributed by atoms with van der Waals surface area (Å²) in [6.07, 6.45) is 5.06. The van der Waals surface area contributed by atoms with E-state index in [9.17, 15) is 4.79 Å². The van der Waals surface area contributed by atoms with Crippen LogP contribution in [0.3, 0.4) is 0 Å². The molecule has 2 heterocycles. The summed E-state index contributed by atoms with van der Waals surface area (Å²) in [7, 11) is 0. The van der Waals surface area contributed by atoms with Crippen molar-refractivity contribution >= 4 is 17.2 Å². The van der Waals surface area contributed by atoms with Crippen molar-refractivity contribution in [3.8, 4) is 0 Å². The summed E-state index contributed by atoms with van der Waals surface area (Å²) >= 11 is 1.70. The lowest BCUT2D eigenvalue weighted by Gasteiger charge is -2.32. The lowest BCUT2D eigenvalue weighted by molar-refractivity contribution is -0.130. The van der Waals surface area contributed by atoms with Crippen LogP contribution >= 0.6 is 11.3 Å². The smallest absolute Gasteiger partial charge is 0.238 e. The molecule has 3 rings (SSSR count). The Kier molecular flexibility index (Phi) is 3.39. The minimum absolute atomic E-state index is 0.104. The molecule has 2 atom stereocenters. The third-order valence-corrected chi connectivity index (χ3v) is 4.74. The predicted molar refractivity (Wildman–Crippen MR) is 73.3 cm³/mol. The highest BCUT2D eigenvalue weighted by Gasteiger charge is 2.38. The minimum Gasteiger partial charge on any atom is -0.319 e. The standard InChI is InChI=1S/C14H20N2OS/c1-2-12(7-10-3-4-10)16-13(17)8-15-14(16)11-5-6-18-9-11/h5-6,9-10,12,14-15H,2-4,7-8H2,1H3. The summed E-state index contributed by atoms with van der Waals surface area (Å²) in [4.78, 5) is 14.2. The molecule has 3 nitrogen and oxygen atoms in total. The van der Waals surface area contributed by atoms with Crippen LogP contribution in [-0.4, -0.2) is 23.4 Å². The van der Waals surface area contributed by atoms with Gasteiger partial charge in [-0.25, -0.2) is 0 Å². The van der Waals surface area contributed by atoms with Crippen LogP contribution in [0, 0.1) is 5.92 Å². The molecule has 0 spiro atoms. The SMILES string of the molecule is CCC(CC1CC1)N1C(=O)CNC1c1ccsc1. The van der Waals surface area contributed by atoms with Gasteiger partial charge in [0.1, 0.15) is 6.17 Å². The van der Waals surface area contributed by atoms with Gasteiger partial charge in [0.25, 0.3) is 0 Å². The lowest BCUT2D eigenvalue weighted by Crippen LogP contribution is -2.39. The van der Waals surface area contributed by atoms with Crippen molar-refractivity contribution in [3.05, 3.63) is 22.4 Å². The molecule has 0 radical (unpaired) electrons. The first-order valence-corrected chi connectivity index (χ1v) is 7.80. The third kappa shape index (κ3) is 2.31. The molecule has 4 heteroatoms. The number of nitrogens with zero attached hydrogens (tertiary/aromatic N) is 1. The summed E-state index contributed by atoms with van der Waals surface area (Å²) in [6, 6.07) is 2.53. The molecule has 1 saturated carbocycles. The van der Waals surface area contributed by atoms with Gasteiger partial charge in [-0.1, -0.05) is 19.8 Å². The number of amides is 1. The molecule has 1 aliphatic carbocycles. The predicted octanol–water partition coefficient (Wildman–Crippen LogP) is 2.76. The van der Waals surface area contributed by atoms with E-state index in [1.54, 1.807) is 11.3 Å². The van der Waals surface area contributed by atoms with Crippen LogP contribution in [0.25, 0.3) is 0 Å². The summed E-state index contributed by atoms with van der Waals surface area (Å²) in [5.74, 6) is 1.13. The van der Waals surface area contributed by atoms with E-state index in [0.717, 1.165) is 12.3 Å². The largest absolute Gasteiger partial charge is 0.319 e. The average molecular weight is 264 g/mol. The lowest BCUT2D eigenvalue weighted by atomic mass is 10.0. The summed E-state index contributed by atoms with van der Waals surface area (Å²) in [5, 5.41) is 7.58. The van der Waals surface area contributed by atoms with Crippen molar-refractivity contribution in [2.75, 3.05) is 6.54 Å². The van der Waals surface area contributed by atoms with Crippen LogP contribution < -0.4 is 5.32 Å². The molecule has 0 aromatic carbocycles. The van der Waals surface area contributed by atoms with E-state index in [2.05, 4.69) is 34.0 Å². The number of carbonyl (C=O) groups excluding carboxylic acids is 1. The first-order valence-electron chi connectivity index (χ1n) is 6.86. The van der Waals surface area contributed by atoms with Crippen molar-refractivity contribution in [1.82, 2.24) is 10.2 Å². The summed E-state index contributed by atoms with van der Waals surface area (Å²) < 4.78 is 0. The van der Waals surface area contributed by atoms with E-state index >= 15 is 0 Å². The van der Waals surface area contributed by atoms with Crippen LogP contribution in [0.1, 0.15) is 44.3 Å². The zero-order chi connectivity index (χ0) is 12.5. The Morgan fingerprint density at radius 3 is 3.00 bits per heavy atom. The van der Waals surface area contributed by atoms with Gasteiger partial charge in [0.2, 0.25) is 5.91 Å². The number of thiophene rings is 1. The normalized spacial score (nSPS) is 25.7. The van der Waals surface area contributed by atoms with Gasteiger partial charge in [-0.3, -0.25) is 10.1 Å². The Balaban J connectivity index is 1.78. The van der Waals surface area contributed by atoms with Gasteiger partial charge in [-0.05, 0) is 41.1 Å². The monoisotopic (exact) mass is 264 g/mol. The van der Waals surface area contributed by atoms with Crippen LogP contribution in [0.4, 0.5) is 0 Å². The molecule has 1 amide bonds. The number of hydrogen-bond donors (Lipinski definition) is 1. The molecule has 1 aromatic rings. The van der Waals surface area contributed by atoms with Crippen molar-refractivity contribution in [2.24, 2.45) is 5.92 Å². The first-order chi connectivity index (χ1) is 8.79. The van der Waals surface area contributed by atoms with Crippen LogP contribution in [0.2, 0.25) is 0 Å². The molecule has 18 heavy (non-hydrogen) atoms. The highest BCUT2D eigenvalue weighted by Crippen LogP contribution is 2.38. The Morgan fingerprint density at radius 2 is 2.39 bits per heavy atom. The number of hydrogen-bond acceptors (Lipinski definition) is 3. The molecule has 1 saturated heterocycles. The van der Waals surface area contributed by atoms with Crippen molar-refractivity contribution in [1.29, 1.82) is 0 Å². The topological polar surface area (TPSA) is 32.3 Å². The molecule has 2 aliphatic rings. The molecule has 98 valence electrons. The highest BCUT2D eigenvalue weighted by atomic mass is 32.1. The Morgan fingerprint density at radius 1 is 1.56 bits per heavy atom. The van der Waals surface area contributed by atoms with E-state index in [4.69, 9.17) is 0 Å². The maximum absolute atomic E-state index is 12.1. The summed E-state index contributed by atoms with van der Waals surface area (Å²) in [6.45, 7) is 2.69. The molecular weight excluding hydrogens is 244 g/mol. The summed E-state index contributed by atoms with van der Waals surface area (Å²) in [5.41, 5.74) is 1.24. The van der Waals surface area contributed by atoms with Gasteiger partial charge < -0.3 is 4.90 Å². The molecular formula is C14H20N2OS. The van der Waals surface area contributed by atoms with Crippen LogP contribution in [0.15, 0.2) is 16.8 Å². The highest BCUT2D eigenvalue weighted by molar-refractivity contribution is 7.07. The zero-order valence-corrected chi connectivity index (χ0v) is 11.6. The van der Waals surface area contributed by atoms with Gasteiger partial charge >= 0.3 is 0 Å². The fraction of sp³-hybridized carbons (Fsp3) is 0.643. The average Bonchev–Trinajstić information content (AvgIpc) is 2.89. The van der Waals surface area contributed by atoms with Gasteiger partial charge in [-0.2, -0.15) is 11.3 Å². The van der Waals surface area contributed by atoms with Crippen molar-refractivity contribution in [2.45, 2.75) is 44.8 Å². The Hall–Kier alpha value is -0.870. The van der Waals surface area contributed by atoms with Gasteiger partial charge in [0, 0.05) is 6.04 Å². The third-order valence-electron chi connectivity index (χ3n) is 4.04. The zero-order valence-electron chi connectivity index (χ0n) is 10.8. The molecule has 2 unspecified atom stereocenters. The number of rotatable bonds is 5. The van der Waals surface area contributed by atoms with E-state index < -0.39 is 0 Å². The van der Waals surface area contributed by atoms with E-state index in [1.165, 1.54) is 24.8 Å². The number of nitrogens with one attached hydrogen (secondary N) is 1. The van der Waals surface area contributed by atoms with Crippen LogP contribution in [0.5, 0.6) is 0 Å². The minimum atomic E-state index is 0.104. The van der Waals surface area contributed by atoms with E-state index in [-0.39, 0.29) is 12.1 Å². The quantitative estimate of drug-likeness (QED) is 0.887. The molecule has 0 bridgehead atoms. The fourth-order valence-electron chi connectivity index (χ4n) is 2.86. The molecule has 1 aromatic heterocycles. The molecule has 1 N–H and O–H groups in total. The second-order valence-corrected chi connectivity index (χ2v) is 6.16. The Bertz CT molecular complexity index is 413. The van der Waals surface area contributed by atoms with Crippen LogP contribution in [-0.2, 0) is 4.79 Å². The van der Waals surface area contributed by atoms with E-state index in [1.807, 2.05) is 0 Å². The van der Waals surface area contributed by atoms with Gasteiger partial charge in [0.05, 0.1) is 6.54 Å². The van der Waals surface area contributed by atoms with Crippen molar-refractivity contribution < 1.29 is 4.79 Å². The molecule has 2 fully saturated rings. The van der Waals surface area contributed by atoms with Gasteiger partial charge in [-0.15, -0.1) is 0 Å². The maximum Gasteiger partial charge on any atom is 0.238 e. The van der Waals surface area contributed by atoms with Crippen molar-refractivity contribution in [3.63, 3.8) is 0 Å². The molecule has 1 aliphatic heterocycles. The second kappa shape index (κ2) is 5.02.